The molecule has 0 aliphatic rings. The van der Waals surface area contributed by atoms with Gasteiger partial charge in [-0.1, -0.05) is 20.8 Å². The van der Waals surface area contributed by atoms with Gasteiger partial charge in [-0.3, -0.25) is 0 Å². The standard InChI is InChI=1S/C11H16Br2N2/c1-7(2)8(3)5-14-11-10(13)4-9(12)6-15-11/h4,6-8H,5H2,1-3H3,(H,14,15). The molecule has 1 aromatic heterocycles. The number of anilines is 1. The van der Waals surface area contributed by atoms with Crippen molar-refractivity contribution >= 4 is 37.7 Å². The van der Waals surface area contributed by atoms with Gasteiger partial charge in [-0.2, -0.15) is 0 Å². The molecule has 0 fully saturated rings. The summed E-state index contributed by atoms with van der Waals surface area (Å²) in [7, 11) is 0. The zero-order valence-corrected chi connectivity index (χ0v) is 12.4. The van der Waals surface area contributed by atoms with Crippen LogP contribution >= 0.6 is 31.9 Å². The summed E-state index contributed by atoms with van der Waals surface area (Å²) in [5.74, 6) is 2.24. The molecule has 0 amide bonds. The first-order chi connectivity index (χ1) is 7.00. The minimum Gasteiger partial charge on any atom is -0.369 e. The maximum absolute atomic E-state index is 4.30. The Morgan fingerprint density at radius 3 is 2.53 bits per heavy atom. The maximum Gasteiger partial charge on any atom is 0.140 e. The zero-order chi connectivity index (χ0) is 11.4. The second kappa shape index (κ2) is 5.85. The van der Waals surface area contributed by atoms with Gasteiger partial charge in [-0.25, -0.2) is 4.98 Å². The Bertz CT molecular complexity index is 326. The summed E-state index contributed by atoms with van der Waals surface area (Å²) >= 11 is 6.86. The van der Waals surface area contributed by atoms with E-state index in [9.17, 15) is 0 Å². The van der Waals surface area contributed by atoms with Crippen LogP contribution in [0.25, 0.3) is 0 Å². The molecule has 1 atom stereocenters. The number of rotatable bonds is 4. The van der Waals surface area contributed by atoms with Gasteiger partial charge in [-0.05, 0) is 49.8 Å². The molecule has 0 radical (unpaired) electrons. The van der Waals surface area contributed by atoms with Crippen LogP contribution in [0.1, 0.15) is 20.8 Å². The fourth-order valence-electron chi connectivity index (χ4n) is 1.04. The smallest absolute Gasteiger partial charge is 0.140 e. The van der Waals surface area contributed by atoms with Crippen LogP contribution in [0.15, 0.2) is 21.2 Å². The molecular weight excluding hydrogens is 320 g/mol. The van der Waals surface area contributed by atoms with E-state index >= 15 is 0 Å². The van der Waals surface area contributed by atoms with E-state index in [0.29, 0.717) is 11.8 Å². The first kappa shape index (κ1) is 13.0. The van der Waals surface area contributed by atoms with E-state index in [-0.39, 0.29) is 0 Å². The highest BCUT2D eigenvalue weighted by molar-refractivity contribution is 9.11. The van der Waals surface area contributed by atoms with Crippen LogP contribution in [-0.2, 0) is 0 Å². The van der Waals surface area contributed by atoms with Crippen molar-refractivity contribution in [3.8, 4) is 0 Å². The van der Waals surface area contributed by atoms with Crippen molar-refractivity contribution in [3.63, 3.8) is 0 Å². The molecule has 1 N–H and O–H groups in total. The van der Waals surface area contributed by atoms with Crippen molar-refractivity contribution in [2.45, 2.75) is 20.8 Å². The third kappa shape index (κ3) is 4.11. The number of nitrogens with zero attached hydrogens (tertiary/aromatic N) is 1. The molecule has 1 heterocycles. The molecule has 0 saturated heterocycles. The highest BCUT2D eigenvalue weighted by Crippen LogP contribution is 2.24. The van der Waals surface area contributed by atoms with E-state index in [0.717, 1.165) is 21.3 Å². The fourth-order valence-corrected chi connectivity index (χ4v) is 2.17. The molecular formula is C11H16Br2N2. The number of hydrogen-bond donors (Lipinski definition) is 1. The van der Waals surface area contributed by atoms with Gasteiger partial charge in [0.25, 0.3) is 0 Å². The van der Waals surface area contributed by atoms with E-state index in [1.54, 1.807) is 6.20 Å². The summed E-state index contributed by atoms with van der Waals surface area (Å²) in [6.07, 6.45) is 1.80. The van der Waals surface area contributed by atoms with E-state index in [4.69, 9.17) is 0 Å². The lowest BCUT2D eigenvalue weighted by Crippen LogP contribution is -2.17. The Kier molecular flexibility index (Phi) is 5.06. The molecule has 0 aliphatic heterocycles. The second-order valence-electron chi connectivity index (χ2n) is 4.09. The molecule has 0 aliphatic carbocycles. The summed E-state index contributed by atoms with van der Waals surface area (Å²) in [6.45, 7) is 7.65. The predicted molar refractivity (Wildman–Crippen MR) is 72.1 cm³/mol. The first-order valence-electron chi connectivity index (χ1n) is 5.05. The minimum absolute atomic E-state index is 0.641. The summed E-state index contributed by atoms with van der Waals surface area (Å²) in [6, 6.07) is 2.00. The summed E-state index contributed by atoms with van der Waals surface area (Å²) in [5.41, 5.74) is 0. The number of aromatic nitrogens is 1. The number of hydrogen-bond acceptors (Lipinski definition) is 2. The molecule has 1 unspecified atom stereocenters. The fraction of sp³-hybridized carbons (Fsp3) is 0.545. The van der Waals surface area contributed by atoms with E-state index < -0.39 is 0 Å². The molecule has 0 spiro atoms. The Hall–Kier alpha value is -0.0900. The Labute approximate surface area is 108 Å². The van der Waals surface area contributed by atoms with Crippen LogP contribution < -0.4 is 5.32 Å². The molecule has 1 rings (SSSR count). The lowest BCUT2D eigenvalue weighted by Gasteiger charge is -2.17. The first-order valence-corrected chi connectivity index (χ1v) is 6.64. The molecule has 1 aromatic rings. The molecule has 84 valence electrons. The average molecular weight is 336 g/mol. The Morgan fingerprint density at radius 1 is 1.33 bits per heavy atom. The van der Waals surface area contributed by atoms with Crippen LogP contribution in [0.4, 0.5) is 5.82 Å². The molecule has 0 aromatic carbocycles. The van der Waals surface area contributed by atoms with Gasteiger partial charge in [0.15, 0.2) is 0 Å². The highest BCUT2D eigenvalue weighted by Gasteiger charge is 2.08. The number of nitrogens with one attached hydrogen (secondary N) is 1. The van der Waals surface area contributed by atoms with E-state index in [1.165, 1.54) is 0 Å². The number of pyridine rings is 1. The van der Waals surface area contributed by atoms with Gasteiger partial charge in [0, 0.05) is 17.2 Å². The average Bonchev–Trinajstić information content (AvgIpc) is 2.15. The van der Waals surface area contributed by atoms with Gasteiger partial charge >= 0.3 is 0 Å². The monoisotopic (exact) mass is 334 g/mol. The zero-order valence-electron chi connectivity index (χ0n) is 9.22. The summed E-state index contributed by atoms with van der Waals surface area (Å²) in [5, 5.41) is 3.34. The van der Waals surface area contributed by atoms with Gasteiger partial charge in [0.05, 0.1) is 4.47 Å². The third-order valence-electron chi connectivity index (χ3n) is 2.54. The van der Waals surface area contributed by atoms with Crippen molar-refractivity contribution in [1.82, 2.24) is 4.98 Å². The third-order valence-corrected chi connectivity index (χ3v) is 3.58. The van der Waals surface area contributed by atoms with Crippen molar-refractivity contribution < 1.29 is 0 Å². The van der Waals surface area contributed by atoms with Crippen molar-refractivity contribution in [1.29, 1.82) is 0 Å². The maximum atomic E-state index is 4.30. The number of halogens is 2. The lowest BCUT2D eigenvalue weighted by molar-refractivity contribution is 0.439. The quantitative estimate of drug-likeness (QED) is 0.886. The van der Waals surface area contributed by atoms with Crippen molar-refractivity contribution in [2.75, 3.05) is 11.9 Å². The summed E-state index contributed by atoms with van der Waals surface area (Å²) in [4.78, 5) is 4.30. The molecule has 2 nitrogen and oxygen atoms in total. The molecule has 4 heteroatoms. The van der Waals surface area contributed by atoms with Gasteiger partial charge in [0.1, 0.15) is 5.82 Å². The van der Waals surface area contributed by atoms with Crippen molar-refractivity contribution in [3.05, 3.63) is 21.2 Å². The van der Waals surface area contributed by atoms with Crippen LogP contribution in [0, 0.1) is 11.8 Å². The normalized spacial score (nSPS) is 12.9. The van der Waals surface area contributed by atoms with E-state index in [1.807, 2.05) is 6.07 Å². The van der Waals surface area contributed by atoms with Crippen LogP contribution in [0.3, 0.4) is 0 Å². The molecule has 15 heavy (non-hydrogen) atoms. The molecule has 0 bridgehead atoms. The predicted octanol–water partition coefficient (Wildman–Crippen LogP) is 4.31. The summed E-state index contributed by atoms with van der Waals surface area (Å²) < 4.78 is 1.98. The Balaban J connectivity index is 2.58. The lowest BCUT2D eigenvalue weighted by atomic mass is 9.98. The van der Waals surface area contributed by atoms with E-state index in [2.05, 4.69) is 62.9 Å². The van der Waals surface area contributed by atoms with Crippen LogP contribution in [-0.4, -0.2) is 11.5 Å². The van der Waals surface area contributed by atoms with Crippen LogP contribution in [0.2, 0.25) is 0 Å². The van der Waals surface area contributed by atoms with Gasteiger partial charge in [-0.15, -0.1) is 0 Å². The SMILES string of the molecule is CC(C)C(C)CNc1ncc(Br)cc1Br. The van der Waals surface area contributed by atoms with Gasteiger partial charge in [0.2, 0.25) is 0 Å². The largest absolute Gasteiger partial charge is 0.369 e. The highest BCUT2D eigenvalue weighted by atomic mass is 79.9. The molecule has 0 saturated carbocycles. The van der Waals surface area contributed by atoms with Crippen molar-refractivity contribution in [2.24, 2.45) is 11.8 Å². The van der Waals surface area contributed by atoms with Gasteiger partial charge < -0.3 is 5.32 Å². The minimum atomic E-state index is 0.641. The second-order valence-corrected chi connectivity index (χ2v) is 5.86. The van der Waals surface area contributed by atoms with Crippen LogP contribution in [0.5, 0.6) is 0 Å². The Morgan fingerprint density at radius 2 is 2.00 bits per heavy atom. The topological polar surface area (TPSA) is 24.9 Å².